The first-order chi connectivity index (χ1) is 7.40. The summed E-state index contributed by atoms with van der Waals surface area (Å²) in [6.45, 7) is 4.54. The number of anilines is 1. The van der Waals surface area contributed by atoms with Crippen molar-refractivity contribution in [3.63, 3.8) is 0 Å². The molecule has 82 valence electrons. The van der Waals surface area contributed by atoms with Crippen LogP contribution in [0.3, 0.4) is 0 Å². The molecule has 1 heterocycles. The maximum Gasteiger partial charge on any atom is 0.131 e. The van der Waals surface area contributed by atoms with Crippen molar-refractivity contribution in [3.05, 3.63) is 23.9 Å². The summed E-state index contributed by atoms with van der Waals surface area (Å²) in [5, 5.41) is 3.24. The van der Waals surface area contributed by atoms with Gasteiger partial charge < -0.3 is 10.1 Å². The van der Waals surface area contributed by atoms with Crippen LogP contribution in [0.15, 0.2) is 18.3 Å². The molecule has 1 aliphatic carbocycles. The van der Waals surface area contributed by atoms with Crippen LogP contribution >= 0.6 is 0 Å². The Morgan fingerprint density at radius 1 is 1.53 bits per heavy atom. The molecule has 0 amide bonds. The zero-order valence-corrected chi connectivity index (χ0v) is 9.20. The Kier molecular flexibility index (Phi) is 3.56. The first kappa shape index (κ1) is 10.4. The van der Waals surface area contributed by atoms with Crippen LogP contribution in [0.5, 0.6) is 0 Å². The number of hydrogen-bond acceptors (Lipinski definition) is 3. The van der Waals surface area contributed by atoms with Gasteiger partial charge in [-0.2, -0.15) is 0 Å². The third-order valence-electron chi connectivity index (χ3n) is 2.54. The maximum atomic E-state index is 5.65. The second kappa shape index (κ2) is 5.12. The van der Waals surface area contributed by atoms with Crippen molar-refractivity contribution in [1.29, 1.82) is 0 Å². The summed E-state index contributed by atoms with van der Waals surface area (Å²) in [6, 6.07) is 4.02. The fraction of sp³-hybridized carbons (Fsp3) is 0.583. The lowest BCUT2D eigenvalue weighted by Crippen LogP contribution is -2.05. The first-order valence-electron chi connectivity index (χ1n) is 5.65. The largest absolute Gasteiger partial charge is 0.376 e. The Morgan fingerprint density at radius 3 is 3.13 bits per heavy atom. The Balaban J connectivity index is 1.86. The van der Waals surface area contributed by atoms with Gasteiger partial charge in [-0.05, 0) is 31.7 Å². The Bertz CT molecular complexity index is 310. The highest BCUT2D eigenvalue weighted by atomic mass is 16.5. The molecule has 0 aliphatic heterocycles. The molecule has 1 saturated carbocycles. The molecule has 0 radical (unpaired) electrons. The van der Waals surface area contributed by atoms with Crippen molar-refractivity contribution < 1.29 is 4.74 Å². The molecule has 1 N–H and O–H groups in total. The number of ether oxygens (including phenoxy) is 1. The van der Waals surface area contributed by atoms with E-state index in [0.29, 0.717) is 6.61 Å². The summed E-state index contributed by atoms with van der Waals surface area (Å²) in [7, 11) is 0. The van der Waals surface area contributed by atoms with Crippen molar-refractivity contribution >= 4 is 5.82 Å². The van der Waals surface area contributed by atoms with Crippen molar-refractivity contribution in [2.45, 2.75) is 26.4 Å². The van der Waals surface area contributed by atoms with Gasteiger partial charge in [0, 0.05) is 24.9 Å². The first-order valence-corrected chi connectivity index (χ1v) is 5.65. The van der Waals surface area contributed by atoms with Crippen molar-refractivity contribution in [3.8, 4) is 0 Å². The third kappa shape index (κ3) is 3.20. The monoisotopic (exact) mass is 206 g/mol. The lowest BCUT2D eigenvalue weighted by molar-refractivity contribution is 0.111. The highest BCUT2D eigenvalue weighted by molar-refractivity contribution is 5.42. The van der Waals surface area contributed by atoms with Crippen molar-refractivity contribution in [1.82, 2.24) is 4.98 Å². The van der Waals surface area contributed by atoms with Gasteiger partial charge in [0.25, 0.3) is 0 Å². The van der Waals surface area contributed by atoms with Gasteiger partial charge in [-0.15, -0.1) is 0 Å². The molecule has 1 aromatic rings. The Hall–Kier alpha value is -1.09. The number of hydrogen-bond donors (Lipinski definition) is 1. The van der Waals surface area contributed by atoms with E-state index in [1.54, 1.807) is 0 Å². The smallest absolute Gasteiger partial charge is 0.131 e. The summed E-state index contributed by atoms with van der Waals surface area (Å²) < 4.78 is 5.65. The standard InChI is InChI=1S/C12H18N2O/c1-2-13-12-11(4-3-7-14-12)9-15-8-10-5-6-10/h3-4,7,10H,2,5-6,8-9H2,1H3,(H,13,14). The second-order valence-corrected chi connectivity index (χ2v) is 4.00. The summed E-state index contributed by atoms with van der Waals surface area (Å²) in [6.07, 6.45) is 4.49. The molecule has 0 spiro atoms. The van der Waals surface area contributed by atoms with Crippen LogP contribution in [0.4, 0.5) is 5.82 Å². The molecule has 0 bridgehead atoms. The molecule has 3 nitrogen and oxygen atoms in total. The minimum Gasteiger partial charge on any atom is -0.376 e. The van der Waals surface area contributed by atoms with E-state index in [1.165, 1.54) is 12.8 Å². The fourth-order valence-corrected chi connectivity index (χ4v) is 1.50. The molecule has 0 saturated heterocycles. The molecule has 0 aromatic carbocycles. The van der Waals surface area contributed by atoms with E-state index in [-0.39, 0.29) is 0 Å². The van der Waals surface area contributed by atoms with E-state index in [0.717, 1.165) is 30.5 Å². The van der Waals surface area contributed by atoms with Crippen LogP contribution in [0.2, 0.25) is 0 Å². The van der Waals surface area contributed by atoms with Crippen molar-refractivity contribution in [2.24, 2.45) is 5.92 Å². The lowest BCUT2D eigenvalue weighted by atomic mass is 10.2. The van der Waals surface area contributed by atoms with Gasteiger partial charge in [0.2, 0.25) is 0 Å². The van der Waals surface area contributed by atoms with E-state index < -0.39 is 0 Å². The van der Waals surface area contributed by atoms with Crippen LogP contribution < -0.4 is 5.32 Å². The summed E-state index contributed by atoms with van der Waals surface area (Å²) in [5.74, 6) is 1.78. The summed E-state index contributed by atoms with van der Waals surface area (Å²) in [4.78, 5) is 4.29. The lowest BCUT2D eigenvalue weighted by Gasteiger charge is -2.09. The molecular formula is C12H18N2O. The van der Waals surface area contributed by atoms with Gasteiger partial charge in [0.15, 0.2) is 0 Å². The highest BCUT2D eigenvalue weighted by Gasteiger charge is 2.21. The molecule has 0 unspecified atom stereocenters. The maximum absolute atomic E-state index is 5.65. The minimum absolute atomic E-state index is 0.673. The topological polar surface area (TPSA) is 34.2 Å². The van der Waals surface area contributed by atoms with Crippen LogP contribution in [0.1, 0.15) is 25.3 Å². The zero-order valence-electron chi connectivity index (χ0n) is 9.20. The minimum atomic E-state index is 0.673. The normalized spacial score (nSPS) is 15.3. The molecule has 1 fully saturated rings. The number of nitrogens with zero attached hydrogens (tertiary/aromatic N) is 1. The molecule has 2 rings (SSSR count). The van der Waals surface area contributed by atoms with Gasteiger partial charge >= 0.3 is 0 Å². The highest BCUT2D eigenvalue weighted by Crippen LogP contribution is 2.29. The summed E-state index contributed by atoms with van der Waals surface area (Å²) >= 11 is 0. The van der Waals surface area contributed by atoms with Crippen LogP contribution in [-0.4, -0.2) is 18.1 Å². The van der Waals surface area contributed by atoms with Gasteiger partial charge in [-0.25, -0.2) is 4.98 Å². The van der Waals surface area contributed by atoms with Gasteiger partial charge in [-0.1, -0.05) is 6.07 Å². The van der Waals surface area contributed by atoms with Crippen LogP contribution in [0.25, 0.3) is 0 Å². The molecule has 0 atom stereocenters. The van der Waals surface area contributed by atoms with E-state index in [4.69, 9.17) is 4.74 Å². The fourth-order valence-electron chi connectivity index (χ4n) is 1.50. The van der Waals surface area contributed by atoms with E-state index in [9.17, 15) is 0 Å². The quantitative estimate of drug-likeness (QED) is 0.776. The molecule has 1 aromatic heterocycles. The Labute approximate surface area is 90.9 Å². The average molecular weight is 206 g/mol. The van der Waals surface area contributed by atoms with Crippen molar-refractivity contribution in [2.75, 3.05) is 18.5 Å². The number of rotatable bonds is 6. The van der Waals surface area contributed by atoms with E-state index in [2.05, 4.69) is 23.3 Å². The SMILES string of the molecule is CCNc1ncccc1COCC1CC1. The molecule has 1 aliphatic rings. The molecule has 3 heteroatoms. The zero-order chi connectivity index (χ0) is 10.5. The van der Waals surface area contributed by atoms with Gasteiger partial charge in [0.1, 0.15) is 5.82 Å². The van der Waals surface area contributed by atoms with Crippen LogP contribution in [-0.2, 0) is 11.3 Å². The summed E-state index contributed by atoms with van der Waals surface area (Å²) in [5.41, 5.74) is 1.15. The van der Waals surface area contributed by atoms with Gasteiger partial charge in [-0.3, -0.25) is 0 Å². The number of nitrogens with one attached hydrogen (secondary N) is 1. The average Bonchev–Trinajstić information content (AvgIpc) is 3.05. The van der Waals surface area contributed by atoms with E-state index in [1.807, 2.05) is 12.3 Å². The number of aromatic nitrogens is 1. The van der Waals surface area contributed by atoms with E-state index >= 15 is 0 Å². The van der Waals surface area contributed by atoms with Crippen LogP contribution in [0, 0.1) is 5.92 Å². The third-order valence-corrected chi connectivity index (χ3v) is 2.54. The molecular weight excluding hydrogens is 188 g/mol. The predicted molar refractivity (Wildman–Crippen MR) is 60.8 cm³/mol. The second-order valence-electron chi connectivity index (χ2n) is 4.00. The number of pyridine rings is 1. The molecule has 15 heavy (non-hydrogen) atoms. The van der Waals surface area contributed by atoms with Gasteiger partial charge in [0.05, 0.1) is 6.61 Å². The predicted octanol–water partition coefficient (Wildman–Crippen LogP) is 2.44. The Morgan fingerprint density at radius 2 is 2.40 bits per heavy atom.